The highest BCUT2D eigenvalue weighted by Gasteiger charge is 2.69. The van der Waals surface area contributed by atoms with Crippen molar-refractivity contribution in [2.24, 2.45) is 5.92 Å². The zero-order valence-corrected chi connectivity index (χ0v) is 20.4. The molecule has 0 radical (unpaired) electrons. The Labute approximate surface area is 181 Å². The van der Waals surface area contributed by atoms with E-state index in [1.807, 2.05) is 6.07 Å². The van der Waals surface area contributed by atoms with Crippen molar-refractivity contribution < 1.29 is 18.7 Å². The van der Waals surface area contributed by atoms with Crippen LogP contribution in [-0.2, 0) is 21.1 Å². The van der Waals surface area contributed by atoms with Crippen molar-refractivity contribution >= 4 is 14.1 Å². The van der Waals surface area contributed by atoms with Crippen molar-refractivity contribution in [2.45, 2.75) is 81.8 Å². The molecule has 2 fully saturated rings. The molecule has 4 aliphatic rings. The molecule has 2 bridgehead atoms. The molecule has 0 aromatic heterocycles. The number of methoxy groups -OCH3 is 1. The number of hydrogen-bond donors (Lipinski definition) is 0. The maximum atomic E-state index is 13.7. The number of likely N-dealkylation sites (N-methyl/N-ethyl adjacent to an activating group) is 1. The number of Topliss-reactive ketones (excluding diaryl/α,β-unsaturated/α-hetero) is 1. The number of piperidine rings is 1. The molecule has 0 unspecified atom stereocenters. The maximum Gasteiger partial charge on any atom is 0.192 e. The third kappa shape index (κ3) is 2.50. The van der Waals surface area contributed by atoms with Crippen LogP contribution < -0.4 is 9.47 Å². The minimum absolute atomic E-state index is 0.0126. The monoisotopic (exact) mass is 429 g/mol. The van der Waals surface area contributed by atoms with Gasteiger partial charge in [-0.25, -0.2) is 0 Å². The molecule has 1 spiro atoms. The molecular formula is C24H35NO4Si. The van der Waals surface area contributed by atoms with Crippen LogP contribution in [0.3, 0.4) is 0 Å². The zero-order chi connectivity index (χ0) is 21.6. The summed E-state index contributed by atoms with van der Waals surface area (Å²) in [7, 11) is 1.82. The summed E-state index contributed by atoms with van der Waals surface area (Å²) in [6, 6.07) is 4.47. The summed E-state index contributed by atoms with van der Waals surface area (Å²) in [6.45, 7) is 12.3. The quantitative estimate of drug-likeness (QED) is 0.682. The van der Waals surface area contributed by atoms with E-state index in [4.69, 9.17) is 13.9 Å². The Morgan fingerprint density at radius 2 is 1.97 bits per heavy atom. The first-order chi connectivity index (χ1) is 14.0. The Bertz CT molecular complexity index is 907. The third-order valence-corrected chi connectivity index (χ3v) is 13.3. The molecule has 2 heterocycles. The lowest BCUT2D eigenvalue weighted by Gasteiger charge is -2.58. The van der Waals surface area contributed by atoms with Gasteiger partial charge in [-0.05, 0) is 56.2 Å². The second-order valence-corrected chi connectivity index (χ2v) is 16.0. The molecule has 2 aliphatic heterocycles. The minimum atomic E-state index is -2.06. The molecule has 5 nitrogen and oxygen atoms in total. The van der Waals surface area contributed by atoms with Crippen LogP contribution in [0.5, 0.6) is 11.5 Å². The van der Waals surface area contributed by atoms with Gasteiger partial charge in [0.1, 0.15) is 11.9 Å². The summed E-state index contributed by atoms with van der Waals surface area (Å²) in [6.07, 6.45) is 1.99. The smallest absolute Gasteiger partial charge is 0.192 e. The SMILES string of the molecule is COc1ccc2c3c1O[C@H]1[C@@H](O[Si](C)(C)C(C)(C)C)CC(=O)[C@H]4[C@@H](C2)N(C)CC[C@]314. The van der Waals surface area contributed by atoms with Gasteiger partial charge in [0.2, 0.25) is 0 Å². The summed E-state index contributed by atoms with van der Waals surface area (Å²) in [5.41, 5.74) is 2.29. The summed E-state index contributed by atoms with van der Waals surface area (Å²) < 4.78 is 19.4. The van der Waals surface area contributed by atoms with Crippen LogP contribution in [0.15, 0.2) is 12.1 Å². The lowest BCUT2D eigenvalue weighted by molar-refractivity contribution is -0.149. The van der Waals surface area contributed by atoms with Gasteiger partial charge in [-0.3, -0.25) is 4.79 Å². The van der Waals surface area contributed by atoms with Crippen LogP contribution in [0.1, 0.15) is 44.7 Å². The summed E-state index contributed by atoms with van der Waals surface area (Å²) in [4.78, 5) is 16.1. The standard InChI is InChI=1S/C24H35NO4Si/c1-23(2,3)30(6,7)29-18-13-16(26)20-15-12-14-8-9-17(27-5)21-19(14)24(20,22(18)28-21)10-11-25(15)4/h8-9,15,18,20,22H,10-13H2,1-7H3/t15-,18+,20-,22+,24-/m1/s1. The average molecular weight is 430 g/mol. The molecule has 30 heavy (non-hydrogen) atoms. The van der Waals surface area contributed by atoms with Crippen molar-refractivity contribution in [1.29, 1.82) is 0 Å². The average Bonchev–Trinajstić information content (AvgIpc) is 3.00. The Balaban J connectivity index is 1.67. The largest absolute Gasteiger partial charge is 0.493 e. The lowest BCUT2D eigenvalue weighted by Crippen LogP contribution is -2.70. The second kappa shape index (κ2) is 6.33. The van der Waals surface area contributed by atoms with E-state index in [9.17, 15) is 4.79 Å². The van der Waals surface area contributed by atoms with Gasteiger partial charge in [-0.1, -0.05) is 26.8 Å². The van der Waals surface area contributed by atoms with E-state index in [1.54, 1.807) is 7.11 Å². The van der Waals surface area contributed by atoms with E-state index in [1.165, 1.54) is 11.1 Å². The van der Waals surface area contributed by atoms with Crippen molar-refractivity contribution in [3.8, 4) is 11.5 Å². The Morgan fingerprint density at radius 1 is 1.23 bits per heavy atom. The number of ketones is 1. The van der Waals surface area contributed by atoms with E-state index < -0.39 is 8.32 Å². The van der Waals surface area contributed by atoms with Crippen LogP contribution >= 0.6 is 0 Å². The van der Waals surface area contributed by atoms with Crippen molar-refractivity contribution in [2.75, 3.05) is 20.7 Å². The molecule has 5 atom stereocenters. The van der Waals surface area contributed by atoms with Crippen LogP contribution in [0.25, 0.3) is 0 Å². The summed E-state index contributed by atoms with van der Waals surface area (Å²) in [5.74, 6) is 2.00. The molecule has 1 aromatic carbocycles. The Kier molecular flexibility index (Phi) is 4.33. The van der Waals surface area contributed by atoms with E-state index in [-0.39, 0.29) is 34.6 Å². The fraction of sp³-hybridized carbons (Fsp3) is 0.708. The van der Waals surface area contributed by atoms with Gasteiger partial charge in [-0.15, -0.1) is 0 Å². The van der Waals surface area contributed by atoms with Crippen LogP contribution in [0.2, 0.25) is 18.1 Å². The molecule has 0 N–H and O–H groups in total. The molecule has 164 valence electrons. The number of nitrogens with zero attached hydrogens (tertiary/aromatic N) is 1. The first-order valence-corrected chi connectivity index (χ1v) is 14.2. The second-order valence-electron chi connectivity index (χ2n) is 11.3. The predicted octanol–water partition coefficient (Wildman–Crippen LogP) is 3.93. The minimum Gasteiger partial charge on any atom is -0.493 e. The number of likely N-dealkylation sites (tertiary alicyclic amines) is 1. The van der Waals surface area contributed by atoms with Gasteiger partial charge in [0.15, 0.2) is 19.8 Å². The van der Waals surface area contributed by atoms with Gasteiger partial charge in [-0.2, -0.15) is 0 Å². The molecule has 2 aliphatic carbocycles. The fourth-order valence-corrected chi connectivity index (χ4v) is 7.63. The molecule has 0 amide bonds. The van der Waals surface area contributed by atoms with E-state index in [0.29, 0.717) is 12.2 Å². The van der Waals surface area contributed by atoms with Gasteiger partial charge in [0, 0.05) is 23.9 Å². The molecule has 1 saturated carbocycles. The molecule has 5 rings (SSSR count). The highest BCUT2D eigenvalue weighted by Crippen LogP contribution is 2.63. The molecule has 1 aromatic rings. The maximum absolute atomic E-state index is 13.7. The predicted molar refractivity (Wildman–Crippen MR) is 119 cm³/mol. The number of hydrogen-bond acceptors (Lipinski definition) is 5. The normalized spacial score (nSPS) is 35.1. The molecular weight excluding hydrogens is 394 g/mol. The number of ether oxygens (including phenoxy) is 2. The van der Waals surface area contributed by atoms with Gasteiger partial charge in [0.05, 0.1) is 18.6 Å². The van der Waals surface area contributed by atoms with Gasteiger partial charge >= 0.3 is 0 Å². The molecule has 6 heteroatoms. The zero-order valence-electron chi connectivity index (χ0n) is 19.4. The van der Waals surface area contributed by atoms with E-state index >= 15 is 0 Å². The lowest BCUT2D eigenvalue weighted by atomic mass is 9.51. The van der Waals surface area contributed by atoms with E-state index in [0.717, 1.165) is 30.9 Å². The first-order valence-electron chi connectivity index (χ1n) is 11.3. The number of benzene rings is 1. The third-order valence-electron chi connectivity index (χ3n) is 8.80. The highest BCUT2D eigenvalue weighted by molar-refractivity contribution is 6.74. The van der Waals surface area contributed by atoms with Crippen molar-refractivity contribution in [3.05, 3.63) is 23.3 Å². The highest BCUT2D eigenvalue weighted by atomic mass is 28.4. The van der Waals surface area contributed by atoms with Crippen molar-refractivity contribution in [1.82, 2.24) is 4.90 Å². The molecule has 1 saturated heterocycles. The Hall–Kier alpha value is -1.37. The number of carbonyl (C=O) groups is 1. The number of rotatable bonds is 3. The van der Waals surface area contributed by atoms with Crippen LogP contribution in [0, 0.1) is 5.92 Å². The van der Waals surface area contributed by atoms with Crippen molar-refractivity contribution in [3.63, 3.8) is 0 Å². The van der Waals surface area contributed by atoms with E-state index in [2.05, 4.69) is 51.9 Å². The number of carbonyl (C=O) groups excluding carboxylic acids is 1. The van der Waals surface area contributed by atoms with Crippen LogP contribution in [-0.4, -0.2) is 58.0 Å². The summed E-state index contributed by atoms with van der Waals surface area (Å²) >= 11 is 0. The van der Waals surface area contributed by atoms with Gasteiger partial charge in [0.25, 0.3) is 0 Å². The first kappa shape index (κ1) is 20.5. The fourth-order valence-electron chi connectivity index (χ4n) is 6.32. The topological polar surface area (TPSA) is 48.0 Å². The van der Waals surface area contributed by atoms with Gasteiger partial charge < -0.3 is 18.8 Å². The Morgan fingerprint density at radius 3 is 2.63 bits per heavy atom. The summed E-state index contributed by atoms with van der Waals surface area (Å²) in [5, 5.41) is 0.0841. The van der Waals surface area contributed by atoms with Crippen LogP contribution in [0.4, 0.5) is 0 Å².